The summed E-state index contributed by atoms with van der Waals surface area (Å²) in [6.07, 6.45) is 2.00. The Kier molecular flexibility index (Phi) is 6.76. The lowest BCUT2D eigenvalue weighted by molar-refractivity contribution is -0.113. The molecule has 1 atom stereocenters. The Labute approximate surface area is 184 Å². The lowest BCUT2D eigenvalue weighted by Crippen LogP contribution is -2.14. The lowest BCUT2D eigenvalue weighted by Gasteiger charge is -2.08. The maximum atomic E-state index is 12.3. The normalized spacial score (nSPS) is 16.0. The van der Waals surface area contributed by atoms with E-state index in [2.05, 4.69) is 52.5 Å². The molecule has 4 rings (SSSR count). The van der Waals surface area contributed by atoms with Gasteiger partial charge in [0.25, 0.3) is 0 Å². The number of aromatic nitrogens is 3. The highest BCUT2D eigenvalue weighted by Crippen LogP contribution is 2.32. The molecular weight excluding hydrogens is 416 g/mol. The standard InChI is InChI=1S/C22H24N4O2S2/c1-14-5-6-15(2)19(12-14)30-17-9-7-16(8-10-17)23-20(27)13-29-22-24-21(25-26-22)18-4-3-11-28-18/h5-10,12,18H,3-4,11,13H2,1-2H3,(H,23,27)(H,24,25,26). The third kappa shape index (κ3) is 5.44. The molecule has 0 spiro atoms. The van der Waals surface area contributed by atoms with Gasteiger partial charge in [0.05, 0.1) is 5.75 Å². The Morgan fingerprint density at radius 1 is 1.23 bits per heavy atom. The molecule has 1 aliphatic heterocycles. The van der Waals surface area contributed by atoms with E-state index in [1.807, 2.05) is 24.3 Å². The number of anilines is 1. The highest BCUT2D eigenvalue weighted by atomic mass is 32.2. The van der Waals surface area contributed by atoms with E-state index in [0.717, 1.165) is 35.9 Å². The fraction of sp³-hybridized carbons (Fsp3) is 0.318. The number of hydrogen-bond acceptors (Lipinski definition) is 6. The molecule has 1 fully saturated rings. The number of hydrogen-bond donors (Lipinski definition) is 2. The van der Waals surface area contributed by atoms with Crippen molar-refractivity contribution in [3.05, 3.63) is 59.4 Å². The van der Waals surface area contributed by atoms with E-state index in [4.69, 9.17) is 4.74 Å². The smallest absolute Gasteiger partial charge is 0.234 e. The average molecular weight is 441 g/mol. The molecule has 8 heteroatoms. The number of aromatic amines is 1. The maximum absolute atomic E-state index is 12.3. The number of rotatable bonds is 7. The number of nitrogens with one attached hydrogen (secondary N) is 2. The van der Waals surface area contributed by atoms with Crippen molar-refractivity contribution in [3.63, 3.8) is 0 Å². The zero-order valence-corrected chi connectivity index (χ0v) is 18.6. The molecule has 1 unspecified atom stereocenters. The number of ether oxygens (including phenoxy) is 1. The number of carbonyl (C=O) groups is 1. The quantitative estimate of drug-likeness (QED) is 0.494. The molecule has 1 aliphatic rings. The van der Waals surface area contributed by atoms with Gasteiger partial charge in [-0.3, -0.25) is 9.89 Å². The average Bonchev–Trinajstić information content (AvgIpc) is 3.42. The molecule has 30 heavy (non-hydrogen) atoms. The molecule has 2 aromatic carbocycles. The van der Waals surface area contributed by atoms with E-state index < -0.39 is 0 Å². The van der Waals surface area contributed by atoms with Gasteiger partial charge in [-0.15, -0.1) is 5.10 Å². The molecule has 2 heterocycles. The number of carbonyl (C=O) groups excluding carboxylic acids is 1. The first-order valence-electron chi connectivity index (χ1n) is 9.88. The molecular formula is C22H24N4O2S2. The fourth-order valence-electron chi connectivity index (χ4n) is 3.14. The lowest BCUT2D eigenvalue weighted by atomic mass is 10.2. The van der Waals surface area contributed by atoms with Gasteiger partial charge in [-0.2, -0.15) is 0 Å². The van der Waals surface area contributed by atoms with Crippen LogP contribution in [-0.4, -0.2) is 33.4 Å². The van der Waals surface area contributed by atoms with Crippen molar-refractivity contribution in [2.45, 2.75) is 47.7 Å². The van der Waals surface area contributed by atoms with Crippen molar-refractivity contribution >= 4 is 35.1 Å². The van der Waals surface area contributed by atoms with E-state index >= 15 is 0 Å². The van der Waals surface area contributed by atoms with Crippen molar-refractivity contribution in [1.82, 2.24) is 15.2 Å². The summed E-state index contributed by atoms with van der Waals surface area (Å²) in [4.78, 5) is 19.1. The van der Waals surface area contributed by atoms with Crippen molar-refractivity contribution in [1.29, 1.82) is 0 Å². The predicted octanol–water partition coefficient (Wildman–Crippen LogP) is 5.16. The minimum absolute atomic E-state index is 0.000601. The van der Waals surface area contributed by atoms with Gasteiger partial charge in [0.15, 0.2) is 5.82 Å². The summed E-state index contributed by atoms with van der Waals surface area (Å²) in [6, 6.07) is 14.4. The Morgan fingerprint density at radius 3 is 2.83 bits per heavy atom. The van der Waals surface area contributed by atoms with Crippen molar-refractivity contribution in [2.75, 3.05) is 17.7 Å². The first-order valence-corrected chi connectivity index (χ1v) is 11.7. The summed E-state index contributed by atoms with van der Waals surface area (Å²) in [5.74, 6) is 0.910. The van der Waals surface area contributed by atoms with Gasteiger partial charge in [-0.1, -0.05) is 35.7 Å². The van der Waals surface area contributed by atoms with E-state index in [1.54, 1.807) is 11.8 Å². The second-order valence-electron chi connectivity index (χ2n) is 7.24. The second-order valence-corrected chi connectivity index (χ2v) is 9.29. The van der Waals surface area contributed by atoms with Crippen LogP contribution in [0, 0.1) is 13.8 Å². The van der Waals surface area contributed by atoms with Gasteiger partial charge in [-0.25, -0.2) is 4.98 Å². The van der Waals surface area contributed by atoms with Crippen molar-refractivity contribution in [2.24, 2.45) is 0 Å². The molecule has 3 aromatic rings. The third-order valence-corrected chi connectivity index (χ3v) is 6.77. The highest BCUT2D eigenvalue weighted by Gasteiger charge is 2.21. The summed E-state index contributed by atoms with van der Waals surface area (Å²) < 4.78 is 5.59. The number of benzene rings is 2. The Bertz CT molecular complexity index is 1010. The fourth-order valence-corrected chi connectivity index (χ4v) is 4.74. The number of aryl methyl sites for hydroxylation is 2. The summed E-state index contributed by atoms with van der Waals surface area (Å²) >= 11 is 3.04. The van der Waals surface area contributed by atoms with Crippen LogP contribution in [-0.2, 0) is 9.53 Å². The number of nitrogens with zero attached hydrogens (tertiary/aromatic N) is 2. The molecule has 1 aromatic heterocycles. The first-order chi connectivity index (χ1) is 14.6. The summed E-state index contributed by atoms with van der Waals surface area (Å²) in [5, 5.41) is 10.6. The highest BCUT2D eigenvalue weighted by molar-refractivity contribution is 7.99. The van der Waals surface area contributed by atoms with Crippen LogP contribution in [0.5, 0.6) is 0 Å². The van der Waals surface area contributed by atoms with Crippen LogP contribution >= 0.6 is 23.5 Å². The van der Waals surface area contributed by atoms with Crippen LogP contribution in [0.1, 0.15) is 35.9 Å². The zero-order valence-electron chi connectivity index (χ0n) is 17.0. The van der Waals surface area contributed by atoms with Crippen molar-refractivity contribution in [3.8, 4) is 0 Å². The topological polar surface area (TPSA) is 79.9 Å². The van der Waals surface area contributed by atoms with E-state index in [9.17, 15) is 4.79 Å². The minimum atomic E-state index is -0.0848. The molecule has 0 bridgehead atoms. The molecule has 6 nitrogen and oxygen atoms in total. The SMILES string of the molecule is Cc1ccc(C)c(Sc2ccc(NC(=O)CSc3n[nH]c(C4CCCO4)n3)cc2)c1. The predicted molar refractivity (Wildman–Crippen MR) is 120 cm³/mol. The van der Waals surface area contributed by atoms with Gasteiger partial charge in [0, 0.05) is 22.1 Å². The van der Waals surface area contributed by atoms with Gasteiger partial charge < -0.3 is 10.1 Å². The summed E-state index contributed by atoms with van der Waals surface area (Å²) in [6.45, 7) is 4.98. The molecule has 0 aliphatic carbocycles. The molecule has 0 saturated carbocycles. The minimum Gasteiger partial charge on any atom is -0.370 e. The molecule has 1 amide bonds. The molecule has 0 radical (unpaired) electrons. The largest absolute Gasteiger partial charge is 0.370 e. The Balaban J connectivity index is 1.28. The van der Waals surface area contributed by atoms with Gasteiger partial charge in [0.1, 0.15) is 6.10 Å². The van der Waals surface area contributed by atoms with Crippen LogP contribution in [0.4, 0.5) is 5.69 Å². The maximum Gasteiger partial charge on any atom is 0.234 e. The van der Waals surface area contributed by atoms with Crippen LogP contribution in [0.3, 0.4) is 0 Å². The Hall–Kier alpha value is -2.29. The monoisotopic (exact) mass is 440 g/mol. The van der Waals surface area contributed by atoms with Crippen LogP contribution < -0.4 is 5.32 Å². The number of amides is 1. The van der Waals surface area contributed by atoms with E-state index in [1.165, 1.54) is 27.8 Å². The molecule has 156 valence electrons. The Morgan fingerprint density at radius 2 is 2.07 bits per heavy atom. The van der Waals surface area contributed by atoms with Gasteiger partial charge in [-0.05, 0) is 68.1 Å². The number of H-pyrrole nitrogens is 1. The molecule has 1 saturated heterocycles. The second kappa shape index (κ2) is 9.68. The molecule has 2 N–H and O–H groups in total. The zero-order chi connectivity index (χ0) is 20.9. The van der Waals surface area contributed by atoms with Gasteiger partial charge in [0.2, 0.25) is 11.1 Å². The van der Waals surface area contributed by atoms with Crippen LogP contribution in [0.25, 0.3) is 0 Å². The summed E-state index contributed by atoms with van der Waals surface area (Å²) in [7, 11) is 0. The van der Waals surface area contributed by atoms with E-state index in [0.29, 0.717) is 5.16 Å². The first kappa shape index (κ1) is 21.0. The third-order valence-electron chi connectivity index (χ3n) is 4.76. The van der Waals surface area contributed by atoms with Crippen LogP contribution in [0.2, 0.25) is 0 Å². The summed E-state index contributed by atoms with van der Waals surface area (Å²) in [5.41, 5.74) is 3.29. The van der Waals surface area contributed by atoms with Crippen LogP contribution in [0.15, 0.2) is 57.4 Å². The number of thioether (sulfide) groups is 1. The van der Waals surface area contributed by atoms with Gasteiger partial charge >= 0.3 is 0 Å². The van der Waals surface area contributed by atoms with Crippen molar-refractivity contribution < 1.29 is 9.53 Å². The van der Waals surface area contributed by atoms with E-state index in [-0.39, 0.29) is 17.8 Å².